The Morgan fingerprint density at radius 3 is 2.50 bits per heavy atom. The first kappa shape index (κ1) is 10.8. The van der Waals surface area contributed by atoms with Crippen molar-refractivity contribution in [1.29, 1.82) is 0 Å². The van der Waals surface area contributed by atoms with Crippen molar-refractivity contribution in [3.63, 3.8) is 0 Å². The lowest BCUT2D eigenvalue weighted by molar-refractivity contribution is 0.112. The van der Waals surface area contributed by atoms with Crippen molar-refractivity contribution >= 4 is 17.9 Å². The number of hydrogen-bond donors (Lipinski definition) is 0. The summed E-state index contributed by atoms with van der Waals surface area (Å²) in [5.74, 6) is 0. The van der Waals surface area contributed by atoms with Crippen molar-refractivity contribution < 1.29 is 4.79 Å². The molecule has 0 amide bonds. The van der Waals surface area contributed by atoms with Gasteiger partial charge in [0, 0.05) is 22.3 Å². The quantitative estimate of drug-likeness (QED) is 0.741. The molecule has 0 spiro atoms. The number of pyridine rings is 1. The first-order valence-corrected chi connectivity index (χ1v) is 5.27. The van der Waals surface area contributed by atoms with Crippen LogP contribution < -0.4 is 0 Å². The molecule has 1 aromatic carbocycles. The Morgan fingerprint density at radius 2 is 1.88 bits per heavy atom. The number of halogens is 1. The molecule has 0 N–H and O–H groups in total. The van der Waals surface area contributed by atoms with E-state index in [9.17, 15) is 4.79 Å². The molecule has 1 aromatic heterocycles. The third kappa shape index (κ3) is 1.97. The molecule has 0 aliphatic carbocycles. The van der Waals surface area contributed by atoms with Gasteiger partial charge in [0.05, 0.1) is 5.69 Å². The third-order valence-corrected chi connectivity index (χ3v) is 2.74. The molecule has 0 aliphatic rings. The summed E-state index contributed by atoms with van der Waals surface area (Å²) in [6, 6.07) is 9.12. The van der Waals surface area contributed by atoms with E-state index in [-0.39, 0.29) is 0 Å². The van der Waals surface area contributed by atoms with E-state index in [2.05, 4.69) is 4.98 Å². The predicted molar refractivity (Wildman–Crippen MR) is 64.8 cm³/mol. The molecule has 80 valence electrons. The van der Waals surface area contributed by atoms with E-state index in [0.717, 1.165) is 23.1 Å². The highest BCUT2D eigenvalue weighted by atomic mass is 35.5. The maximum Gasteiger partial charge on any atom is 0.150 e. The number of nitrogens with zero attached hydrogens (tertiary/aromatic N) is 1. The number of carbonyl (C=O) groups is 1. The molecule has 0 radical (unpaired) electrons. The van der Waals surface area contributed by atoms with E-state index in [1.54, 1.807) is 12.3 Å². The molecule has 3 heteroatoms. The van der Waals surface area contributed by atoms with Crippen LogP contribution in [-0.4, -0.2) is 11.3 Å². The van der Waals surface area contributed by atoms with Gasteiger partial charge in [0.25, 0.3) is 0 Å². The third-order valence-electron chi connectivity index (χ3n) is 2.49. The van der Waals surface area contributed by atoms with Crippen molar-refractivity contribution in [2.75, 3.05) is 0 Å². The smallest absolute Gasteiger partial charge is 0.150 e. The van der Waals surface area contributed by atoms with Crippen LogP contribution in [0.25, 0.3) is 11.3 Å². The Labute approximate surface area is 98.9 Å². The van der Waals surface area contributed by atoms with Gasteiger partial charge in [-0.1, -0.05) is 23.7 Å². The first-order chi connectivity index (χ1) is 7.72. The lowest BCUT2D eigenvalue weighted by Crippen LogP contribution is -1.93. The van der Waals surface area contributed by atoms with E-state index in [1.807, 2.05) is 31.2 Å². The van der Waals surface area contributed by atoms with Crippen molar-refractivity contribution in [2.24, 2.45) is 0 Å². The van der Waals surface area contributed by atoms with Gasteiger partial charge in [-0.3, -0.25) is 9.78 Å². The first-order valence-electron chi connectivity index (χ1n) is 4.89. The van der Waals surface area contributed by atoms with Gasteiger partial charge in [-0.05, 0) is 30.7 Å². The fraction of sp³-hybridized carbons (Fsp3) is 0.0769. The number of hydrogen-bond acceptors (Lipinski definition) is 2. The minimum atomic E-state index is 0.667. The molecule has 0 aliphatic heterocycles. The minimum absolute atomic E-state index is 0.667. The van der Waals surface area contributed by atoms with Crippen molar-refractivity contribution in [1.82, 2.24) is 4.98 Å². The molecular formula is C13H10ClNO. The van der Waals surface area contributed by atoms with Crippen LogP contribution in [0, 0.1) is 6.92 Å². The van der Waals surface area contributed by atoms with Gasteiger partial charge in [0.1, 0.15) is 6.29 Å². The Kier molecular flexibility index (Phi) is 3.02. The SMILES string of the molecule is Cc1c(C=O)ccnc1-c1ccc(Cl)cc1. The normalized spacial score (nSPS) is 10.1. The zero-order valence-electron chi connectivity index (χ0n) is 8.77. The van der Waals surface area contributed by atoms with Crippen LogP contribution in [0.3, 0.4) is 0 Å². The van der Waals surface area contributed by atoms with Gasteiger partial charge < -0.3 is 0 Å². The van der Waals surface area contributed by atoms with E-state index in [0.29, 0.717) is 10.6 Å². The number of rotatable bonds is 2. The van der Waals surface area contributed by atoms with E-state index >= 15 is 0 Å². The molecule has 2 rings (SSSR count). The summed E-state index contributed by atoms with van der Waals surface area (Å²) in [6.07, 6.45) is 2.48. The largest absolute Gasteiger partial charge is 0.298 e. The summed E-state index contributed by atoms with van der Waals surface area (Å²) in [4.78, 5) is 15.1. The summed E-state index contributed by atoms with van der Waals surface area (Å²) in [7, 11) is 0. The number of carbonyl (C=O) groups excluding carboxylic acids is 1. The highest BCUT2D eigenvalue weighted by molar-refractivity contribution is 6.30. The van der Waals surface area contributed by atoms with Gasteiger partial charge in [-0.25, -0.2) is 0 Å². The predicted octanol–water partition coefficient (Wildman–Crippen LogP) is 3.52. The Hall–Kier alpha value is -1.67. The second kappa shape index (κ2) is 4.45. The summed E-state index contributed by atoms with van der Waals surface area (Å²) < 4.78 is 0. The highest BCUT2D eigenvalue weighted by Crippen LogP contribution is 2.23. The fourth-order valence-electron chi connectivity index (χ4n) is 1.58. The average molecular weight is 232 g/mol. The molecule has 0 unspecified atom stereocenters. The molecule has 0 bridgehead atoms. The zero-order valence-corrected chi connectivity index (χ0v) is 9.53. The number of aromatic nitrogens is 1. The second-order valence-electron chi connectivity index (χ2n) is 3.50. The Balaban J connectivity index is 2.56. The monoisotopic (exact) mass is 231 g/mol. The van der Waals surface area contributed by atoms with Gasteiger partial charge >= 0.3 is 0 Å². The van der Waals surface area contributed by atoms with Crippen LogP contribution in [0.1, 0.15) is 15.9 Å². The Morgan fingerprint density at radius 1 is 1.19 bits per heavy atom. The van der Waals surface area contributed by atoms with E-state index < -0.39 is 0 Å². The number of aldehydes is 1. The molecule has 2 aromatic rings. The van der Waals surface area contributed by atoms with Crippen LogP contribution >= 0.6 is 11.6 Å². The van der Waals surface area contributed by atoms with Crippen LogP contribution in [-0.2, 0) is 0 Å². The van der Waals surface area contributed by atoms with Crippen LogP contribution in [0.4, 0.5) is 0 Å². The molecule has 1 heterocycles. The summed E-state index contributed by atoms with van der Waals surface area (Å²) >= 11 is 5.82. The van der Waals surface area contributed by atoms with Crippen LogP contribution in [0.2, 0.25) is 5.02 Å². The lowest BCUT2D eigenvalue weighted by Gasteiger charge is -2.06. The summed E-state index contributed by atoms with van der Waals surface area (Å²) in [6.45, 7) is 1.89. The molecule has 0 saturated heterocycles. The van der Waals surface area contributed by atoms with Crippen molar-refractivity contribution in [3.05, 3.63) is 52.7 Å². The summed E-state index contributed by atoms with van der Waals surface area (Å²) in [5, 5.41) is 0.688. The van der Waals surface area contributed by atoms with Crippen LogP contribution in [0.15, 0.2) is 36.5 Å². The molecule has 0 fully saturated rings. The van der Waals surface area contributed by atoms with Gasteiger partial charge in [0.2, 0.25) is 0 Å². The van der Waals surface area contributed by atoms with Crippen molar-refractivity contribution in [2.45, 2.75) is 6.92 Å². The maximum atomic E-state index is 10.8. The topological polar surface area (TPSA) is 30.0 Å². The molecular weight excluding hydrogens is 222 g/mol. The molecule has 0 saturated carbocycles. The van der Waals surface area contributed by atoms with E-state index in [1.165, 1.54) is 0 Å². The molecule has 0 atom stereocenters. The lowest BCUT2D eigenvalue weighted by atomic mass is 10.0. The highest BCUT2D eigenvalue weighted by Gasteiger charge is 2.06. The fourth-order valence-corrected chi connectivity index (χ4v) is 1.70. The van der Waals surface area contributed by atoms with E-state index in [4.69, 9.17) is 11.6 Å². The van der Waals surface area contributed by atoms with Gasteiger partial charge in [0.15, 0.2) is 0 Å². The van der Waals surface area contributed by atoms with Gasteiger partial charge in [-0.2, -0.15) is 0 Å². The maximum absolute atomic E-state index is 10.8. The zero-order chi connectivity index (χ0) is 11.5. The standard InChI is InChI=1S/C13H10ClNO/c1-9-11(8-16)6-7-15-13(9)10-2-4-12(14)5-3-10/h2-8H,1H3. The second-order valence-corrected chi connectivity index (χ2v) is 3.93. The van der Waals surface area contributed by atoms with Crippen molar-refractivity contribution in [3.8, 4) is 11.3 Å². The van der Waals surface area contributed by atoms with Gasteiger partial charge in [-0.15, -0.1) is 0 Å². The molecule has 16 heavy (non-hydrogen) atoms. The number of benzene rings is 1. The van der Waals surface area contributed by atoms with Crippen LogP contribution in [0.5, 0.6) is 0 Å². The minimum Gasteiger partial charge on any atom is -0.298 e. The molecule has 2 nitrogen and oxygen atoms in total. The summed E-state index contributed by atoms with van der Waals surface area (Å²) in [5.41, 5.74) is 3.34. The Bertz CT molecular complexity index is 520. The average Bonchev–Trinajstić information content (AvgIpc) is 2.31.